The number of likely N-dealkylation sites (tertiary alicyclic amines) is 2. The van der Waals surface area contributed by atoms with Gasteiger partial charge in [0, 0.05) is 24.9 Å². The molecule has 0 aromatic rings. The standard InChI is InChI=1S/C18H18N2O8/c21-9(22)3-5-19-15(25)11-7-1-2-8(13(11)17(19)27)14-12(7)16(26)20(18(14)28)6-4-10(23)24/h1-2,7-8,11-14H,3-6H2,(H,21,22)(H,23,24)/t7?,8?,11-,12+,13+,14-. The fourth-order valence-electron chi connectivity index (χ4n) is 5.21. The first-order valence-electron chi connectivity index (χ1n) is 9.06. The Morgan fingerprint density at radius 3 is 1.21 bits per heavy atom. The zero-order valence-corrected chi connectivity index (χ0v) is 14.7. The number of carbonyl (C=O) groups excluding carboxylic acids is 4. The summed E-state index contributed by atoms with van der Waals surface area (Å²) < 4.78 is 0. The Morgan fingerprint density at radius 1 is 0.679 bits per heavy atom. The van der Waals surface area contributed by atoms with E-state index in [9.17, 15) is 28.8 Å². The SMILES string of the molecule is O=C(O)CCN1C(=O)[C@@H]2C3C=CC([C@H]4C(=O)N(CCC(=O)O)C(=O)[C@@H]34)[C@@H]2C1=O. The van der Waals surface area contributed by atoms with Gasteiger partial charge >= 0.3 is 11.9 Å². The Kier molecular flexibility index (Phi) is 4.09. The summed E-state index contributed by atoms with van der Waals surface area (Å²) in [7, 11) is 0. The summed E-state index contributed by atoms with van der Waals surface area (Å²) in [5.41, 5.74) is 0. The Bertz CT molecular complexity index is 737. The number of imide groups is 2. The number of carboxylic acids is 2. The first-order valence-corrected chi connectivity index (χ1v) is 9.06. The van der Waals surface area contributed by atoms with Crippen LogP contribution in [0.5, 0.6) is 0 Å². The number of nitrogens with zero attached hydrogens (tertiary/aromatic N) is 2. The molecule has 148 valence electrons. The van der Waals surface area contributed by atoms with Crippen molar-refractivity contribution in [2.45, 2.75) is 12.8 Å². The minimum absolute atomic E-state index is 0.235. The van der Waals surface area contributed by atoms with Gasteiger partial charge in [-0.2, -0.15) is 0 Å². The highest BCUT2D eigenvalue weighted by Gasteiger charge is 2.68. The number of carboxylic acid groups (broad SMARTS) is 2. The van der Waals surface area contributed by atoms with Crippen LogP contribution in [0.3, 0.4) is 0 Å². The first kappa shape index (κ1) is 18.3. The van der Waals surface area contributed by atoms with E-state index in [0.29, 0.717) is 0 Å². The molecular weight excluding hydrogens is 372 g/mol. The van der Waals surface area contributed by atoms with Crippen LogP contribution in [0.4, 0.5) is 0 Å². The van der Waals surface area contributed by atoms with Crippen LogP contribution in [0.2, 0.25) is 0 Å². The molecular formula is C18H18N2O8. The number of hydrogen-bond donors (Lipinski definition) is 2. The van der Waals surface area contributed by atoms with Crippen LogP contribution in [0.25, 0.3) is 0 Å². The molecule has 2 heterocycles. The fourth-order valence-corrected chi connectivity index (χ4v) is 5.21. The van der Waals surface area contributed by atoms with Crippen LogP contribution in [-0.2, 0) is 28.8 Å². The second-order valence-corrected chi connectivity index (χ2v) is 7.59. The van der Waals surface area contributed by atoms with Gasteiger partial charge in [-0.3, -0.25) is 38.6 Å². The lowest BCUT2D eigenvalue weighted by atomic mass is 9.54. The Labute approximate surface area is 158 Å². The van der Waals surface area contributed by atoms with Crippen molar-refractivity contribution in [3.8, 4) is 0 Å². The smallest absolute Gasteiger partial charge is 0.305 e. The van der Waals surface area contributed by atoms with Crippen LogP contribution in [-0.4, -0.2) is 68.7 Å². The third kappa shape index (κ3) is 2.40. The van der Waals surface area contributed by atoms with Crippen LogP contribution in [0, 0.1) is 35.5 Å². The summed E-state index contributed by atoms with van der Waals surface area (Å²) in [6.45, 7) is -0.469. The number of amides is 4. The van der Waals surface area contributed by atoms with Gasteiger partial charge in [0.2, 0.25) is 23.6 Å². The summed E-state index contributed by atoms with van der Waals surface area (Å²) in [5, 5.41) is 17.7. The van der Waals surface area contributed by atoms with E-state index in [1.54, 1.807) is 12.2 Å². The van der Waals surface area contributed by atoms with E-state index in [-0.39, 0.29) is 25.9 Å². The molecule has 0 aromatic heterocycles. The molecule has 1 saturated carbocycles. The Hall–Kier alpha value is -3.04. The van der Waals surface area contributed by atoms with Crippen molar-refractivity contribution in [1.29, 1.82) is 0 Å². The maximum absolute atomic E-state index is 12.8. The van der Waals surface area contributed by atoms with Gasteiger partial charge in [0.05, 0.1) is 36.5 Å². The highest BCUT2D eigenvalue weighted by molar-refractivity contribution is 6.11. The maximum Gasteiger partial charge on any atom is 0.305 e. The molecule has 28 heavy (non-hydrogen) atoms. The second-order valence-electron chi connectivity index (χ2n) is 7.59. The van der Waals surface area contributed by atoms with Crippen molar-refractivity contribution >= 4 is 35.6 Å². The molecule has 4 amide bonds. The number of aliphatic carboxylic acids is 2. The number of carbonyl (C=O) groups is 6. The molecule has 2 bridgehead atoms. The topological polar surface area (TPSA) is 149 Å². The van der Waals surface area contributed by atoms with Gasteiger partial charge in [-0.1, -0.05) is 12.2 Å². The summed E-state index contributed by atoms with van der Waals surface area (Å²) >= 11 is 0. The quantitative estimate of drug-likeness (QED) is 0.431. The summed E-state index contributed by atoms with van der Waals surface area (Å²) in [6.07, 6.45) is 2.66. The van der Waals surface area contributed by atoms with Crippen LogP contribution < -0.4 is 0 Å². The van der Waals surface area contributed by atoms with Crippen LogP contribution in [0.1, 0.15) is 12.8 Å². The van der Waals surface area contributed by atoms with E-state index >= 15 is 0 Å². The molecule has 0 aromatic carbocycles. The van der Waals surface area contributed by atoms with Crippen LogP contribution in [0.15, 0.2) is 12.2 Å². The van der Waals surface area contributed by atoms with E-state index in [1.165, 1.54) is 0 Å². The van der Waals surface area contributed by atoms with Gasteiger partial charge < -0.3 is 10.2 Å². The minimum Gasteiger partial charge on any atom is -0.481 e. The predicted molar refractivity (Wildman–Crippen MR) is 88.0 cm³/mol. The Morgan fingerprint density at radius 2 is 0.964 bits per heavy atom. The highest BCUT2D eigenvalue weighted by Crippen LogP contribution is 2.57. The van der Waals surface area contributed by atoms with E-state index < -0.39 is 71.1 Å². The molecule has 2 saturated heterocycles. The molecule has 2 unspecified atom stereocenters. The second kappa shape index (κ2) is 6.25. The summed E-state index contributed by atoms with van der Waals surface area (Å²) in [5.74, 6) is -8.66. The van der Waals surface area contributed by atoms with E-state index in [2.05, 4.69) is 0 Å². The fraction of sp³-hybridized carbons (Fsp3) is 0.556. The molecule has 5 aliphatic rings. The third-order valence-corrected chi connectivity index (χ3v) is 6.29. The van der Waals surface area contributed by atoms with Crippen molar-refractivity contribution in [2.24, 2.45) is 35.5 Å². The molecule has 6 atom stereocenters. The lowest BCUT2D eigenvalue weighted by Crippen LogP contribution is -2.50. The average molecular weight is 390 g/mol. The largest absolute Gasteiger partial charge is 0.481 e. The predicted octanol–water partition coefficient (Wildman–Crippen LogP) is -1.05. The molecule has 0 radical (unpaired) electrons. The normalized spacial score (nSPS) is 35.6. The van der Waals surface area contributed by atoms with Crippen molar-refractivity contribution in [3.05, 3.63) is 12.2 Å². The van der Waals surface area contributed by atoms with Crippen LogP contribution >= 0.6 is 0 Å². The number of rotatable bonds is 6. The van der Waals surface area contributed by atoms with Gasteiger partial charge in [0.25, 0.3) is 0 Å². The molecule has 3 aliphatic carbocycles. The molecule has 0 spiro atoms. The average Bonchev–Trinajstić information content (AvgIpc) is 3.06. The van der Waals surface area contributed by atoms with Gasteiger partial charge in [-0.05, 0) is 0 Å². The number of allylic oxidation sites excluding steroid dienone is 2. The van der Waals surface area contributed by atoms with Gasteiger partial charge in [0.15, 0.2) is 0 Å². The monoisotopic (exact) mass is 390 g/mol. The van der Waals surface area contributed by atoms with Gasteiger partial charge in [-0.25, -0.2) is 0 Å². The molecule has 2 N–H and O–H groups in total. The molecule has 3 fully saturated rings. The van der Waals surface area contributed by atoms with Gasteiger partial charge in [0.1, 0.15) is 0 Å². The zero-order chi connectivity index (χ0) is 20.3. The summed E-state index contributed by atoms with van der Waals surface area (Å²) in [6, 6.07) is 0. The van der Waals surface area contributed by atoms with E-state index in [0.717, 1.165) is 9.80 Å². The molecule has 5 rings (SSSR count). The molecule has 10 nitrogen and oxygen atoms in total. The van der Waals surface area contributed by atoms with E-state index in [4.69, 9.17) is 10.2 Å². The first-order chi connectivity index (χ1) is 13.2. The molecule has 2 aliphatic heterocycles. The summed E-state index contributed by atoms with van der Waals surface area (Å²) in [4.78, 5) is 74.8. The lowest BCUT2D eigenvalue weighted by molar-refractivity contribution is -0.143. The minimum atomic E-state index is -1.13. The Balaban J connectivity index is 1.63. The number of hydrogen-bond acceptors (Lipinski definition) is 6. The van der Waals surface area contributed by atoms with Crippen molar-refractivity contribution in [3.63, 3.8) is 0 Å². The van der Waals surface area contributed by atoms with Crippen molar-refractivity contribution in [2.75, 3.05) is 13.1 Å². The maximum atomic E-state index is 12.8. The zero-order valence-electron chi connectivity index (χ0n) is 14.7. The molecule has 10 heteroatoms. The van der Waals surface area contributed by atoms with Crippen molar-refractivity contribution in [1.82, 2.24) is 9.80 Å². The van der Waals surface area contributed by atoms with Gasteiger partial charge in [-0.15, -0.1) is 0 Å². The highest BCUT2D eigenvalue weighted by atomic mass is 16.4. The lowest BCUT2D eigenvalue weighted by Gasteiger charge is -2.44. The van der Waals surface area contributed by atoms with Crippen molar-refractivity contribution < 1.29 is 39.0 Å². The third-order valence-electron chi connectivity index (χ3n) is 6.29. The van der Waals surface area contributed by atoms with E-state index in [1.807, 2.05) is 0 Å².